The van der Waals surface area contributed by atoms with Crippen molar-refractivity contribution in [1.29, 1.82) is 0 Å². The van der Waals surface area contributed by atoms with Crippen LogP contribution in [-0.4, -0.2) is 54.0 Å². The molecule has 0 aliphatic carbocycles. The van der Waals surface area contributed by atoms with Crippen LogP contribution in [0.15, 0.2) is 34.9 Å². The van der Waals surface area contributed by atoms with E-state index in [-0.39, 0.29) is 23.2 Å². The van der Waals surface area contributed by atoms with E-state index in [0.717, 1.165) is 0 Å². The first-order valence-corrected chi connectivity index (χ1v) is 12.6. The van der Waals surface area contributed by atoms with Crippen LogP contribution in [0.5, 0.6) is 11.5 Å². The molecule has 1 saturated heterocycles. The van der Waals surface area contributed by atoms with Gasteiger partial charge >= 0.3 is 0 Å². The largest absolute Gasteiger partial charge is 0.490 e. The molecule has 4 rings (SSSR count). The summed E-state index contributed by atoms with van der Waals surface area (Å²) in [6.45, 7) is 6.54. The summed E-state index contributed by atoms with van der Waals surface area (Å²) in [7, 11) is -3.09. The minimum Gasteiger partial charge on any atom is -0.490 e. The molecular weight excluding hydrogens is 448 g/mol. The predicted molar refractivity (Wildman–Crippen MR) is 122 cm³/mol. The maximum atomic E-state index is 12.8. The van der Waals surface area contributed by atoms with Crippen LogP contribution in [0.3, 0.4) is 0 Å². The van der Waals surface area contributed by atoms with E-state index in [1.807, 2.05) is 13.8 Å². The predicted octanol–water partition coefficient (Wildman–Crippen LogP) is 3.26. The second kappa shape index (κ2) is 9.26. The molecule has 1 aliphatic rings. The number of aromatic nitrogens is 3. The molecule has 1 N–H and O–H groups in total. The van der Waals surface area contributed by atoms with Crippen molar-refractivity contribution in [2.75, 3.05) is 30.0 Å². The van der Waals surface area contributed by atoms with Gasteiger partial charge in [-0.1, -0.05) is 5.16 Å². The Balaban J connectivity index is 1.53. The van der Waals surface area contributed by atoms with Crippen molar-refractivity contribution in [3.63, 3.8) is 0 Å². The van der Waals surface area contributed by atoms with E-state index >= 15 is 0 Å². The molecule has 0 spiro atoms. The molecule has 0 unspecified atom stereocenters. The number of benzene rings is 1. The fraction of sp³-hybridized carbons (Fsp3) is 0.409. The van der Waals surface area contributed by atoms with Crippen molar-refractivity contribution in [2.45, 2.75) is 33.2 Å². The summed E-state index contributed by atoms with van der Waals surface area (Å²) >= 11 is 0. The average molecular weight is 475 g/mol. The summed E-state index contributed by atoms with van der Waals surface area (Å²) in [4.78, 5) is 12.8. The molecule has 1 aliphatic heterocycles. The molecule has 0 radical (unpaired) electrons. The lowest BCUT2D eigenvalue weighted by molar-refractivity contribution is 0.101. The number of nitrogens with zero attached hydrogens (tertiary/aromatic N) is 3. The summed E-state index contributed by atoms with van der Waals surface area (Å²) in [6, 6.07) is 8.28. The van der Waals surface area contributed by atoms with Gasteiger partial charge in [-0.2, -0.15) is 5.10 Å². The number of hydrogen-bond acceptors (Lipinski definition) is 8. The van der Waals surface area contributed by atoms with E-state index in [2.05, 4.69) is 15.6 Å². The Labute approximate surface area is 191 Å². The van der Waals surface area contributed by atoms with Gasteiger partial charge in [0.25, 0.3) is 5.91 Å². The van der Waals surface area contributed by atoms with Crippen molar-refractivity contribution in [3.8, 4) is 22.8 Å². The number of anilines is 1. The highest BCUT2D eigenvalue weighted by atomic mass is 32.2. The SMILES string of the molecule is CCOc1ccc(-c2cc(C(=O)Nc3cc(C)nn3[C@@H]3CCS(=O)(=O)C3)no2)cc1OCC. The van der Waals surface area contributed by atoms with E-state index in [1.165, 1.54) is 6.07 Å². The fourth-order valence-electron chi connectivity index (χ4n) is 3.76. The fourth-order valence-corrected chi connectivity index (χ4v) is 5.45. The Bertz CT molecular complexity index is 1260. The number of amides is 1. The van der Waals surface area contributed by atoms with Crippen molar-refractivity contribution >= 4 is 21.6 Å². The van der Waals surface area contributed by atoms with E-state index in [1.54, 1.807) is 35.9 Å². The van der Waals surface area contributed by atoms with Gasteiger partial charge in [-0.05, 0) is 45.4 Å². The lowest BCUT2D eigenvalue weighted by atomic mass is 10.1. The van der Waals surface area contributed by atoms with Crippen molar-refractivity contribution in [2.24, 2.45) is 0 Å². The zero-order valence-electron chi connectivity index (χ0n) is 18.7. The number of nitrogens with one attached hydrogen (secondary N) is 1. The van der Waals surface area contributed by atoms with Crippen LogP contribution in [0, 0.1) is 6.92 Å². The Kier molecular flexibility index (Phi) is 6.41. The van der Waals surface area contributed by atoms with E-state index in [0.29, 0.717) is 54.0 Å². The van der Waals surface area contributed by atoms with Crippen LogP contribution in [0.25, 0.3) is 11.3 Å². The van der Waals surface area contributed by atoms with Gasteiger partial charge in [0.1, 0.15) is 5.82 Å². The van der Waals surface area contributed by atoms with Gasteiger partial charge in [-0.3, -0.25) is 4.79 Å². The minimum atomic E-state index is -3.09. The highest BCUT2D eigenvalue weighted by Crippen LogP contribution is 2.33. The smallest absolute Gasteiger partial charge is 0.279 e. The van der Waals surface area contributed by atoms with Crippen LogP contribution in [-0.2, 0) is 9.84 Å². The molecular formula is C22H26N4O6S. The highest BCUT2D eigenvalue weighted by molar-refractivity contribution is 7.91. The number of carbonyl (C=O) groups is 1. The first kappa shape index (κ1) is 22.8. The molecule has 0 saturated carbocycles. The third kappa shape index (κ3) is 5.03. The minimum absolute atomic E-state index is 0.00496. The Morgan fingerprint density at radius 2 is 1.94 bits per heavy atom. The highest BCUT2D eigenvalue weighted by Gasteiger charge is 2.31. The molecule has 10 nitrogen and oxygen atoms in total. The number of ether oxygens (including phenoxy) is 2. The second-order valence-electron chi connectivity index (χ2n) is 7.73. The number of carbonyl (C=O) groups excluding carboxylic acids is 1. The molecule has 3 aromatic rings. The standard InChI is InChI=1S/C22H26N4O6S/c1-4-30-18-7-6-15(11-20(18)31-5-2)19-12-17(25-32-19)22(27)23-21-10-14(3)24-26(21)16-8-9-33(28,29)13-16/h6-7,10-12,16H,4-5,8-9,13H2,1-3H3,(H,23,27)/t16-/m1/s1. The van der Waals surface area contributed by atoms with Crippen LogP contribution in [0.1, 0.15) is 42.5 Å². The molecule has 11 heteroatoms. The number of aryl methyl sites for hydroxylation is 1. The summed E-state index contributed by atoms with van der Waals surface area (Å²) < 4.78 is 41.9. The lowest BCUT2D eigenvalue weighted by Gasteiger charge is -2.13. The molecule has 33 heavy (non-hydrogen) atoms. The molecule has 1 aromatic carbocycles. The second-order valence-corrected chi connectivity index (χ2v) is 9.96. The topological polar surface area (TPSA) is 126 Å². The van der Waals surface area contributed by atoms with Crippen molar-refractivity contribution in [1.82, 2.24) is 14.9 Å². The molecule has 1 atom stereocenters. The molecule has 176 valence electrons. The van der Waals surface area contributed by atoms with Crippen LogP contribution in [0.2, 0.25) is 0 Å². The molecule has 1 fully saturated rings. The van der Waals surface area contributed by atoms with Gasteiger partial charge in [0.2, 0.25) is 0 Å². The quantitative estimate of drug-likeness (QED) is 0.527. The van der Waals surface area contributed by atoms with Crippen molar-refractivity contribution in [3.05, 3.63) is 41.7 Å². The van der Waals surface area contributed by atoms with Crippen LogP contribution >= 0.6 is 0 Å². The summed E-state index contributed by atoms with van der Waals surface area (Å²) in [5.41, 5.74) is 1.44. The van der Waals surface area contributed by atoms with E-state index in [9.17, 15) is 13.2 Å². The monoisotopic (exact) mass is 474 g/mol. The first-order valence-electron chi connectivity index (χ1n) is 10.7. The van der Waals surface area contributed by atoms with Crippen molar-refractivity contribution < 1.29 is 27.2 Å². The van der Waals surface area contributed by atoms with Crippen LogP contribution < -0.4 is 14.8 Å². The number of rotatable bonds is 8. The zero-order chi connectivity index (χ0) is 23.6. The van der Waals surface area contributed by atoms with Gasteiger partial charge in [0.05, 0.1) is 36.5 Å². The van der Waals surface area contributed by atoms with Gasteiger partial charge in [0, 0.05) is 17.7 Å². The summed E-state index contributed by atoms with van der Waals surface area (Å²) in [5, 5.41) is 11.0. The van der Waals surface area contributed by atoms with Gasteiger partial charge < -0.3 is 19.3 Å². The normalized spacial score (nSPS) is 17.1. The molecule has 3 heterocycles. The van der Waals surface area contributed by atoms with E-state index in [4.69, 9.17) is 14.0 Å². The molecule has 1 amide bonds. The van der Waals surface area contributed by atoms with Crippen LogP contribution in [0.4, 0.5) is 5.82 Å². The average Bonchev–Trinajstić information content (AvgIpc) is 3.48. The Hall–Kier alpha value is -3.34. The zero-order valence-corrected chi connectivity index (χ0v) is 19.5. The van der Waals surface area contributed by atoms with Gasteiger partial charge in [0.15, 0.2) is 32.8 Å². The number of sulfone groups is 1. The maximum absolute atomic E-state index is 12.8. The number of hydrogen-bond donors (Lipinski definition) is 1. The Morgan fingerprint density at radius 3 is 2.64 bits per heavy atom. The first-order chi connectivity index (χ1) is 15.8. The molecule has 2 aromatic heterocycles. The lowest BCUT2D eigenvalue weighted by Crippen LogP contribution is -2.19. The van der Waals surface area contributed by atoms with Gasteiger partial charge in [-0.25, -0.2) is 13.1 Å². The summed E-state index contributed by atoms with van der Waals surface area (Å²) in [6.07, 6.45) is 0.459. The summed E-state index contributed by atoms with van der Waals surface area (Å²) in [5.74, 6) is 1.65. The third-order valence-corrected chi connectivity index (χ3v) is 6.97. The van der Waals surface area contributed by atoms with Gasteiger partial charge in [-0.15, -0.1) is 0 Å². The molecule has 0 bridgehead atoms. The van der Waals surface area contributed by atoms with E-state index < -0.39 is 15.7 Å². The third-order valence-electron chi connectivity index (χ3n) is 5.22. The Morgan fingerprint density at radius 1 is 1.18 bits per heavy atom. The maximum Gasteiger partial charge on any atom is 0.279 e.